The molecule has 0 atom stereocenters. The van der Waals surface area contributed by atoms with Crippen LogP contribution < -0.4 is 4.90 Å². The molecule has 4 nitrogen and oxygen atoms in total. The molecule has 2 heterocycles. The Morgan fingerprint density at radius 2 is 1.77 bits per heavy atom. The molecular weight excluding hydrogens is 353 g/mol. The molecule has 0 spiro atoms. The van der Waals surface area contributed by atoms with Crippen LogP contribution in [0.2, 0.25) is 5.02 Å². The number of piperazine rings is 1. The van der Waals surface area contributed by atoms with Crippen molar-refractivity contribution in [3.63, 3.8) is 0 Å². The van der Waals surface area contributed by atoms with Crippen molar-refractivity contribution in [3.8, 4) is 0 Å². The third kappa shape index (κ3) is 2.99. The first-order valence-electron chi connectivity index (χ1n) is 8.47. The topological polar surface area (TPSA) is 36.4 Å². The molecule has 1 fully saturated rings. The maximum absolute atomic E-state index is 13.9. The van der Waals surface area contributed by atoms with Gasteiger partial charge in [-0.15, -0.1) is 0 Å². The van der Waals surface area contributed by atoms with E-state index in [-0.39, 0.29) is 11.5 Å². The van der Waals surface area contributed by atoms with Crippen LogP contribution in [0.4, 0.5) is 10.1 Å². The Morgan fingerprint density at radius 3 is 2.54 bits per heavy atom. The second-order valence-corrected chi connectivity index (χ2v) is 6.63. The highest BCUT2D eigenvalue weighted by Crippen LogP contribution is 2.31. The fourth-order valence-corrected chi connectivity index (χ4v) is 3.55. The summed E-state index contributed by atoms with van der Waals surface area (Å²) in [5.74, 6) is -0.741. The maximum atomic E-state index is 13.9. The summed E-state index contributed by atoms with van der Waals surface area (Å²) in [4.78, 5) is 20.9. The van der Waals surface area contributed by atoms with Crippen LogP contribution in [0.5, 0.6) is 0 Å². The van der Waals surface area contributed by atoms with E-state index in [0.717, 1.165) is 16.6 Å². The van der Waals surface area contributed by atoms with Gasteiger partial charge in [0.15, 0.2) is 0 Å². The highest BCUT2D eigenvalue weighted by molar-refractivity contribution is 6.35. The number of carbonyl (C=O) groups excluding carboxylic acids is 1. The smallest absolute Gasteiger partial charge is 0.256 e. The highest BCUT2D eigenvalue weighted by atomic mass is 35.5. The largest absolute Gasteiger partial charge is 0.366 e. The van der Waals surface area contributed by atoms with Crippen molar-refractivity contribution in [2.24, 2.45) is 0 Å². The number of fused-ring (bicyclic) bond motifs is 1. The molecular formula is C20H17ClFN3O. The molecule has 6 heteroatoms. The molecule has 3 aromatic rings. The zero-order valence-corrected chi connectivity index (χ0v) is 14.8. The summed E-state index contributed by atoms with van der Waals surface area (Å²) in [6.07, 6.45) is 1.75. The fourth-order valence-electron chi connectivity index (χ4n) is 3.33. The zero-order chi connectivity index (χ0) is 18.1. The van der Waals surface area contributed by atoms with Crippen molar-refractivity contribution in [1.82, 2.24) is 9.88 Å². The average Bonchev–Trinajstić information content (AvgIpc) is 2.69. The number of hydrogen-bond acceptors (Lipinski definition) is 3. The lowest BCUT2D eigenvalue weighted by Gasteiger charge is -2.36. The molecule has 2 aromatic carbocycles. The van der Waals surface area contributed by atoms with Crippen LogP contribution in [0.3, 0.4) is 0 Å². The Bertz CT molecular complexity index is 970. The molecule has 1 aliphatic heterocycles. The lowest BCUT2D eigenvalue weighted by molar-refractivity contribution is 0.0742. The fraction of sp³-hybridized carbons (Fsp3) is 0.200. The molecule has 0 saturated carbocycles. The molecule has 4 rings (SSSR count). The van der Waals surface area contributed by atoms with Gasteiger partial charge in [-0.2, -0.15) is 0 Å². The van der Waals surface area contributed by atoms with Crippen LogP contribution >= 0.6 is 11.6 Å². The van der Waals surface area contributed by atoms with E-state index in [1.807, 2.05) is 24.3 Å². The number of pyridine rings is 1. The number of halogens is 2. The predicted octanol–water partition coefficient (Wildman–Crippen LogP) is 3.99. The molecule has 0 bridgehead atoms. The summed E-state index contributed by atoms with van der Waals surface area (Å²) in [7, 11) is 0. The Morgan fingerprint density at radius 1 is 1.00 bits per heavy atom. The van der Waals surface area contributed by atoms with Crippen molar-refractivity contribution in [2.75, 3.05) is 31.1 Å². The van der Waals surface area contributed by atoms with Crippen molar-refractivity contribution in [1.29, 1.82) is 0 Å². The second-order valence-electron chi connectivity index (χ2n) is 6.23. The van der Waals surface area contributed by atoms with E-state index >= 15 is 0 Å². The summed E-state index contributed by atoms with van der Waals surface area (Å²) in [5.41, 5.74) is 1.98. The number of hydrogen-bond donors (Lipinski definition) is 0. The molecule has 132 valence electrons. The van der Waals surface area contributed by atoms with E-state index in [0.29, 0.717) is 31.2 Å². The second kappa shape index (κ2) is 6.92. The molecule has 1 amide bonds. The van der Waals surface area contributed by atoms with Crippen LogP contribution in [-0.4, -0.2) is 42.0 Å². The van der Waals surface area contributed by atoms with Crippen LogP contribution in [0, 0.1) is 5.82 Å². The minimum Gasteiger partial charge on any atom is -0.366 e. The maximum Gasteiger partial charge on any atom is 0.256 e. The number of anilines is 1. The van der Waals surface area contributed by atoms with Crippen LogP contribution in [0.1, 0.15) is 10.4 Å². The third-order valence-electron chi connectivity index (χ3n) is 4.71. The number of aromatic nitrogens is 1. The molecule has 1 saturated heterocycles. The highest BCUT2D eigenvalue weighted by Gasteiger charge is 2.25. The predicted molar refractivity (Wildman–Crippen MR) is 101 cm³/mol. The van der Waals surface area contributed by atoms with Gasteiger partial charge in [0.1, 0.15) is 5.82 Å². The molecule has 0 radical (unpaired) electrons. The van der Waals surface area contributed by atoms with Crippen LogP contribution in [0.25, 0.3) is 10.9 Å². The van der Waals surface area contributed by atoms with E-state index in [9.17, 15) is 9.18 Å². The minimum atomic E-state index is -0.479. The van der Waals surface area contributed by atoms with E-state index < -0.39 is 5.82 Å². The normalized spacial score (nSPS) is 14.7. The molecule has 1 aromatic heterocycles. The van der Waals surface area contributed by atoms with Gasteiger partial charge in [0.25, 0.3) is 5.91 Å². The van der Waals surface area contributed by atoms with Gasteiger partial charge in [0, 0.05) is 37.8 Å². The summed E-state index contributed by atoms with van der Waals surface area (Å²) < 4.78 is 13.9. The first-order valence-corrected chi connectivity index (χ1v) is 8.85. The van der Waals surface area contributed by atoms with Crippen molar-refractivity contribution in [2.45, 2.75) is 0 Å². The number of amides is 1. The van der Waals surface area contributed by atoms with Gasteiger partial charge in [-0.05, 0) is 36.4 Å². The lowest BCUT2D eigenvalue weighted by atomic mass is 10.1. The van der Waals surface area contributed by atoms with Gasteiger partial charge < -0.3 is 9.80 Å². The number of nitrogens with zero attached hydrogens (tertiary/aromatic N) is 3. The van der Waals surface area contributed by atoms with E-state index in [1.165, 1.54) is 12.1 Å². The quantitative estimate of drug-likeness (QED) is 0.685. The summed E-state index contributed by atoms with van der Waals surface area (Å²) >= 11 is 6.27. The van der Waals surface area contributed by atoms with Crippen LogP contribution in [-0.2, 0) is 0 Å². The van der Waals surface area contributed by atoms with Gasteiger partial charge >= 0.3 is 0 Å². The Balaban J connectivity index is 1.54. The Hall–Kier alpha value is -2.66. The number of carbonyl (C=O) groups is 1. The van der Waals surface area contributed by atoms with Gasteiger partial charge in [-0.25, -0.2) is 4.39 Å². The lowest BCUT2D eigenvalue weighted by Crippen LogP contribution is -2.49. The van der Waals surface area contributed by atoms with Gasteiger partial charge in [-0.1, -0.05) is 23.7 Å². The van der Waals surface area contributed by atoms with Gasteiger partial charge in [0.2, 0.25) is 0 Å². The van der Waals surface area contributed by atoms with Crippen LogP contribution in [0.15, 0.2) is 54.7 Å². The minimum absolute atomic E-state index is 0.125. The first-order chi connectivity index (χ1) is 12.6. The average molecular weight is 370 g/mol. The first kappa shape index (κ1) is 16.8. The SMILES string of the molecule is O=C(c1ccccc1F)N1CCN(c2ccc(Cl)c3cccnc23)CC1. The van der Waals surface area contributed by atoms with Crippen molar-refractivity contribution >= 4 is 34.1 Å². The number of benzene rings is 2. The standard InChI is InChI=1S/C20H17ClFN3O/c21-16-7-8-18(19-14(16)5-3-9-23-19)24-10-12-25(13-11-24)20(26)15-4-1-2-6-17(15)22/h1-9H,10-13H2. The van der Waals surface area contributed by atoms with Crippen molar-refractivity contribution < 1.29 is 9.18 Å². The zero-order valence-electron chi connectivity index (χ0n) is 14.0. The third-order valence-corrected chi connectivity index (χ3v) is 5.04. The van der Waals surface area contributed by atoms with Crippen molar-refractivity contribution in [3.05, 3.63) is 71.1 Å². The number of rotatable bonds is 2. The monoisotopic (exact) mass is 369 g/mol. The molecule has 26 heavy (non-hydrogen) atoms. The van der Waals surface area contributed by atoms with Gasteiger partial charge in [0.05, 0.1) is 21.8 Å². The summed E-state index contributed by atoms with van der Waals surface area (Å²) in [6.45, 7) is 2.38. The molecule has 1 aliphatic rings. The molecule has 0 aliphatic carbocycles. The molecule has 0 unspecified atom stereocenters. The van der Waals surface area contributed by atoms with E-state index in [2.05, 4.69) is 9.88 Å². The summed E-state index contributed by atoms with van der Waals surface area (Å²) in [6, 6.07) is 13.8. The van der Waals surface area contributed by atoms with E-state index in [1.54, 1.807) is 23.2 Å². The Kier molecular flexibility index (Phi) is 4.47. The summed E-state index contributed by atoms with van der Waals surface area (Å²) in [5, 5.41) is 1.58. The van der Waals surface area contributed by atoms with E-state index in [4.69, 9.17) is 11.6 Å². The Labute approximate surface area is 155 Å². The van der Waals surface area contributed by atoms with Gasteiger partial charge in [-0.3, -0.25) is 9.78 Å². The molecule has 0 N–H and O–H groups in total.